The van der Waals surface area contributed by atoms with Gasteiger partial charge < -0.3 is 4.90 Å². The molecule has 0 aliphatic carbocycles. The third-order valence-corrected chi connectivity index (χ3v) is 4.41. The molecule has 0 spiro atoms. The quantitative estimate of drug-likeness (QED) is 0.701. The first-order chi connectivity index (χ1) is 7.38. The highest BCUT2D eigenvalue weighted by Crippen LogP contribution is 2.18. The Kier molecular flexibility index (Phi) is 3.92. The lowest BCUT2D eigenvalue weighted by Crippen LogP contribution is -2.48. The van der Waals surface area contributed by atoms with Crippen molar-refractivity contribution < 1.29 is 13.2 Å². The van der Waals surface area contributed by atoms with Crippen LogP contribution in [0.2, 0.25) is 0 Å². The van der Waals surface area contributed by atoms with E-state index in [9.17, 15) is 13.2 Å². The molecule has 2 unspecified atom stereocenters. The molecule has 90 valence electrons. The summed E-state index contributed by atoms with van der Waals surface area (Å²) in [6.07, 6.45) is 3.43. The summed E-state index contributed by atoms with van der Waals surface area (Å²) in [6, 6.07) is 1.58. The topological polar surface area (TPSA) is 78.2 Å². The Morgan fingerprint density at radius 2 is 2.12 bits per heavy atom. The highest BCUT2D eigenvalue weighted by molar-refractivity contribution is 7.92. The average molecular weight is 244 g/mol. The Morgan fingerprint density at radius 3 is 2.62 bits per heavy atom. The minimum Gasteiger partial charge on any atom is -0.326 e. The van der Waals surface area contributed by atoms with Gasteiger partial charge in [-0.25, -0.2) is 8.42 Å². The molecule has 1 heterocycles. The van der Waals surface area contributed by atoms with Crippen LogP contribution in [0, 0.1) is 11.3 Å². The van der Waals surface area contributed by atoms with Crippen molar-refractivity contribution in [2.45, 2.75) is 37.5 Å². The molecule has 0 radical (unpaired) electrons. The summed E-state index contributed by atoms with van der Waals surface area (Å²) in [5.74, 6) is -0.450. The number of amides is 1. The van der Waals surface area contributed by atoms with E-state index in [0.717, 1.165) is 19.1 Å². The molecule has 0 bridgehead atoms. The molecule has 0 saturated carbocycles. The molecule has 1 rings (SSSR count). The SMILES string of the molecule is CC(C(=O)N1CCCCC1C#N)S(C)(=O)=O. The smallest absolute Gasteiger partial charge is 0.241 e. The van der Waals surface area contributed by atoms with E-state index in [-0.39, 0.29) is 0 Å². The summed E-state index contributed by atoms with van der Waals surface area (Å²) >= 11 is 0. The van der Waals surface area contributed by atoms with Gasteiger partial charge in [-0.15, -0.1) is 0 Å². The fraction of sp³-hybridized carbons (Fsp3) is 0.800. The average Bonchev–Trinajstić information content (AvgIpc) is 2.25. The number of likely N-dealkylation sites (tertiary alicyclic amines) is 1. The van der Waals surface area contributed by atoms with Gasteiger partial charge in [-0.05, 0) is 26.2 Å². The van der Waals surface area contributed by atoms with E-state index in [1.807, 2.05) is 0 Å². The number of carbonyl (C=O) groups is 1. The van der Waals surface area contributed by atoms with Gasteiger partial charge in [0.2, 0.25) is 5.91 Å². The monoisotopic (exact) mass is 244 g/mol. The van der Waals surface area contributed by atoms with Crippen LogP contribution in [0.1, 0.15) is 26.2 Å². The number of carbonyl (C=O) groups excluding carboxylic acids is 1. The van der Waals surface area contributed by atoms with Gasteiger partial charge in [0.05, 0.1) is 6.07 Å². The van der Waals surface area contributed by atoms with E-state index in [1.165, 1.54) is 11.8 Å². The fourth-order valence-electron chi connectivity index (χ4n) is 1.75. The lowest BCUT2D eigenvalue weighted by molar-refractivity contribution is -0.132. The standard InChI is InChI=1S/C10H16N2O3S/c1-8(16(2,14)15)10(13)12-6-4-3-5-9(12)7-11/h8-9H,3-6H2,1-2H3. The lowest BCUT2D eigenvalue weighted by Gasteiger charge is -2.32. The van der Waals surface area contributed by atoms with Gasteiger partial charge in [-0.3, -0.25) is 4.79 Å². The highest BCUT2D eigenvalue weighted by Gasteiger charge is 2.33. The highest BCUT2D eigenvalue weighted by atomic mass is 32.2. The Hall–Kier alpha value is -1.09. The molecule has 1 fully saturated rings. The fourth-order valence-corrected chi connectivity index (χ4v) is 2.25. The van der Waals surface area contributed by atoms with Crippen molar-refractivity contribution in [3.63, 3.8) is 0 Å². The Bertz CT molecular complexity index is 410. The number of hydrogen-bond donors (Lipinski definition) is 0. The third kappa shape index (κ3) is 2.73. The van der Waals surface area contributed by atoms with Crippen LogP contribution in [0.15, 0.2) is 0 Å². The third-order valence-electron chi connectivity index (χ3n) is 2.92. The number of nitrogens with zero attached hydrogens (tertiary/aromatic N) is 2. The van der Waals surface area contributed by atoms with Gasteiger partial charge in [-0.1, -0.05) is 0 Å². The first kappa shape index (κ1) is 13.0. The minimum atomic E-state index is -3.38. The van der Waals surface area contributed by atoms with Crippen molar-refractivity contribution in [3.8, 4) is 6.07 Å². The largest absolute Gasteiger partial charge is 0.326 e. The van der Waals surface area contributed by atoms with Gasteiger partial charge in [0.25, 0.3) is 0 Å². The van der Waals surface area contributed by atoms with Crippen LogP contribution in [0.3, 0.4) is 0 Å². The summed E-state index contributed by atoms with van der Waals surface area (Å²) in [5.41, 5.74) is 0. The van der Waals surface area contributed by atoms with Gasteiger partial charge >= 0.3 is 0 Å². The summed E-state index contributed by atoms with van der Waals surface area (Å²) in [4.78, 5) is 13.3. The van der Waals surface area contributed by atoms with Crippen LogP contribution in [0.25, 0.3) is 0 Å². The first-order valence-electron chi connectivity index (χ1n) is 5.27. The molecule has 1 saturated heterocycles. The van der Waals surface area contributed by atoms with Crippen LogP contribution in [0.4, 0.5) is 0 Å². The number of nitriles is 1. The molecule has 2 atom stereocenters. The van der Waals surface area contributed by atoms with E-state index in [4.69, 9.17) is 5.26 Å². The van der Waals surface area contributed by atoms with E-state index >= 15 is 0 Å². The second-order valence-electron chi connectivity index (χ2n) is 4.14. The molecular formula is C10H16N2O3S. The molecule has 1 aliphatic rings. The molecule has 6 heteroatoms. The maximum atomic E-state index is 11.9. The van der Waals surface area contributed by atoms with Gasteiger partial charge in [0.15, 0.2) is 9.84 Å². The van der Waals surface area contributed by atoms with E-state index in [1.54, 1.807) is 0 Å². The second kappa shape index (κ2) is 4.83. The van der Waals surface area contributed by atoms with Crippen molar-refractivity contribution in [1.82, 2.24) is 4.90 Å². The zero-order valence-electron chi connectivity index (χ0n) is 9.51. The molecule has 5 nitrogen and oxygen atoms in total. The van der Waals surface area contributed by atoms with E-state index < -0.39 is 27.0 Å². The molecule has 16 heavy (non-hydrogen) atoms. The molecular weight excluding hydrogens is 228 g/mol. The van der Waals surface area contributed by atoms with Crippen molar-refractivity contribution >= 4 is 15.7 Å². The van der Waals surface area contributed by atoms with Crippen LogP contribution >= 0.6 is 0 Å². The molecule has 0 aromatic carbocycles. The zero-order valence-corrected chi connectivity index (χ0v) is 10.3. The van der Waals surface area contributed by atoms with Gasteiger partial charge in [0.1, 0.15) is 11.3 Å². The number of piperidine rings is 1. The number of rotatable bonds is 2. The predicted molar refractivity (Wildman–Crippen MR) is 59.3 cm³/mol. The number of hydrogen-bond acceptors (Lipinski definition) is 4. The molecule has 0 aromatic rings. The normalized spacial score (nSPS) is 23.6. The summed E-state index contributed by atoms with van der Waals surface area (Å²) in [5, 5.41) is 7.85. The lowest BCUT2D eigenvalue weighted by atomic mass is 10.0. The Balaban J connectivity index is 2.84. The molecule has 1 aliphatic heterocycles. The van der Waals surface area contributed by atoms with Crippen LogP contribution in [0.5, 0.6) is 0 Å². The zero-order chi connectivity index (χ0) is 12.3. The van der Waals surface area contributed by atoms with E-state index in [2.05, 4.69) is 6.07 Å². The minimum absolute atomic E-state index is 0.450. The number of sulfone groups is 1. The van der Waals surface area contributed by atoms with Crippen molar-refractivity contribution in [3.05, 3.63) is 0 Å². The summed E-state index contributed by atoms with van der Waals surface area (Å²) in [7, 11) is -3.38. The molecule has 0 aromatic heterocycles. The van der Waals surface area contributed by atoms with Crippen LogP contribution in [-0.2, 0) is 14.6 Å². The Morgan fingerprint density at radius 1 is 1.50 bits per heavy atom. The Labute approximate surface area is 96.0 Å². The molecule has 1 amide bonds. The van der Waals surface area contributed by atoms with Crippen molar-refractivity contribution in [2.75, 3.05) is 12.8 Å². The maximum absolute atomic E-state index is 11.9. The molecule has 0 N–H and O–H groups in total. The first-order valence-corrected chi connectivity index (χ1v) is 7.22. The van der Waals surface area contributed by atoms with Crippen molar-refractivity contribution in [1.29, 1.82) is 5.26 Å². The van der Waals surface area contributed by atoms with Crippen LogP contribution < -0.4 is 0 Å². The predicted octanol–water partition coefficient (Wildman–Crippen LogP) is 0.324. The second-order valence-corrected chi connectivity index (χ2v) is 6.51. The van der Waals surface area contributed by atoms with Gasteiger partial charge in [-0.2, -0.15) is 5.26 Å². The van der Waals surface area contributed by atoms with Gasteiger partial charge in [0, 0.05) is 12.8 Å². The van der Waals surface area contributed by atoms with Crippen LogP contribution in [-0.4, -0.2) is 43.3 Å². The summed E-state index contributed by atoms with van der Waals surface area (Å²) in [6.45, 7) is 1.86. The van der Waals surface area contributed by atoms with E-state index in [0.29, 0.717) is 13.0 Å². The maximum Gasteiger partial charge on any atom is 0.241 e. The summed E-state index contributed by atoms with van der Waals surface area (Å²) < 4.78 is 22.6. The van der Waals surface area contributed by atoms with Crippen molar-refractivity contribution in [2.24, 2.45) is 0 Å².